The largest absolute Gasteiger partial charge is 0.467 e. The summed E-state index contributed by atoms with van der Waals surface area (Å²) in [6.45, 7) is 5.87. The van der Waals surface area contributed by atoms with Gasteiger partial charge in [-0.05, 0) is 24.5 Å². The average molecular weight is 336 g/mol. The van der Waals surface area contributed by atoms with E-state index in [9.17, 15) is 0 Å². The van der Waals surface area contributed by atoms with Crippen molar-refractivity contribution in [2.45, 2.75) is 26.8 Å². The molecule has 5 heteroatoms. The number of nitrogens with zero attached hydrogens (tertiary/aromatic N) is 2. The number of anilines is 2. The number of hydrogen-bond acceptors (Lipinski definition) is 5. The van der Waals surface area contributed by atoms with Crippen LogP contribution in [0.3, 0.4) is 0 Å². The van der Waals surface area contributed by atoms with Crippen LogP contribution in [0.5, 0.6) is 0 Å². The molecule has 0 fully saturated rings. The molecule has 0 spiro atoms. The molecule has 130 valence electrons. The molecule has 0 unspecified atom stereocenters. The van der Waals surface area contributed by atoms with Gasteiger partial charge in [0, 0.05) is 18.2 Å². The minimum Gasteiger partial charge on any atom is -0.467 e. The molecule has 3 rings (SSSR count). The molecule has 0 radical (unpaired) electrons. The molecule has 0 atom stereocenters. The lowest BCUT2D eigenvalue weighted by Gasteiger charge is -2.12. The monoisotopic (exact) mass is 336 g/mol. The maximum absolute atomic E-state index is 5.36. The fourth-order valence-corrected chi connectivity index (χ4v) is 2.44. The molecule has 0 aliphatic rings. The Balaban J connectivity index is 1.79. The lowest BCUT2D eigenvalue weighted by atomic mass is 10.1. The highest BCUT2D eigenvalue weighted by molar-refractivity contribution is 5.64. The van der Waals surface area contributed by atoms with Gasteiger partial charge in [-0.3, -0.25) is 0 Å². The van der Waals surface area contributed by atoms with Gasteiger partial charge in [0.05, 0.1) is 18.5 Å². The smallest absolute Gasteiger partial charge is 0.225 e. The van der Waals surface area contributed by atoms with Gasteiger partial charge in [-0.15, -0.1) is 0 Å². The van der Waals surface area contributed by atoms with Crippen molar-refractivity contribution < 1.29 is 4.42 Å². The van der Waals surface area contributed by atoms with Crippen LogP contribution in [0.2, 0.25) is 0 Å². The van der Waals surface area contributed by atoms with Crippen LogP contribution < -0.4 is 10.6 Å². The Hall–Kier alpha value is -2.82. The maximum atomic E-state index is 5.36. The van der Waals surface area contributed by atoms with Gasteiger partial charge in [-0.2, -0.15) is 4.98 Å². The van der Waals surface area contributed by atoms with Gasteiger partial charge in [0.1, 0.15) is 11.6 Å². The first-order valence-electron chi connectivity index (χ1n) is 8.65. The highest BCUT2D eigenvalue weighted by Crippen LogP contribution is 2.21. The van der Waals surface area contributed by atoms with E-state index in [0.29, 0.717) is 18.4 Å². The van der Waals surface area contributed by atoms with E-state index >= 15 is 0 Å². The molecule has 25 heavy (non-hydrogen) atoms. The third-order valence-corrected chi connectivity index (χ3v) is 3.82. The molecular formula is C20H24N4O. The van der Waals surface area contributed by atoms with Crippen molar-refractivity contribution >= 4 is 11.8 Å². The van der Waals surface area contributed by atoms with Crippen molar-refractivity contribution in [1.82, 2.24) is 9.97 Å². The molecule has 0 aliphatic heterocycles. The second-order valence-electron chi connectivity index (χ2n) is 6.37. The lowest BCUT2D eigenvalue weighted by Crippen LogP contribution is -2.09. The highest BCUT2D eigenvalue weighted by Gasteiger charge is 2.07. The highest BCUT2D eigenvalue weighted by atomic mass is 16.3. The van der Waals surface area contributed by atoms with Gasteiger partial charge in [0.25, 0.3) is 0 Å². The Morgan fingerprint density at radius 1 is 1.00 bits per heavy atom. The molecule has 0 aliphatic carbocycles. The number of nitrogens with one attached hydrogen (secondary N) is 2. The van der Waals surface area contributed by atoms with E-state index in [1.54, 1.807) is 6.26 Å². The van der Waals surface area contributed by atoms with Crippen LogP contribution in [0.1, 0.15) is 26.0 Å². The van der Waals surface area contributed by atoms with Crippen molar-refractivity contribution in [1.29, 1.82) is 0 Å². The van der Waals surface area contributed by atoms with Crippen molar-refractivity contribution in [3.8, 4) is 11.3 Å². The molecule has 5 nitrogen and oxygen atoms in total. The number of benzene rings is 1. The van der Waals surface area contributed by atoms with Crippen molar-refractivity contribution in [2.75, 3.05) is 17.2 Å². The second kappa shape index (κ2) is 8.33. The van der Waals surface area contributed by atoms with Crippen molar-refractivity contribution in [3.05, 3.63) is 60.6 Å². The first-order chi connectivity index (χ1) is 12.2. The molecular weight excluding hydrogens is 312 g/mol. The van der Waals surface area contributed by atoms with Gasteiger partial charge >= 0.3 is 0 Å². The number of hydrogen-bond donors (Lipinski definition) is 2. The summed E-state index contributed by atoms with van der Waals surface area (Å²) in [6.07, 6.45) is 2.76. The van der Waals surface area contributed by atoms with E-state index in [0.717, 1.165) is 35.8 Å². The quantitative estimate of drug-likeness (QED) is 0.618. The van der Waals surface area contributed by atoms with Crippen LogP contribution in [-0.2, 0) is 6.54 Å². The predicted octanol–water partition coefficient (Wildman–Crippen LogP) is 4.81. The SMILES string of the molecule is CC(C)CCNc1cc(-c2ccccc2)nc(NCc2ccco2)n1. The Morgan fingerprint density at radius 3 is 2.56 bits per heavy atom. The zero-order valence-corrected chi connectivity index (χ0v) is 14.7. The number of aromatic nitrogens is 2. The van der Waals surface area contributed by atoms with Crippen LogP contribution in [0.4, 0.5) is 11.8 Å². The lowest BCUT2D eigenvalue weighted by molar-refractivity contribution is 0.517. The summed E-state index contributed by atoms with van der Waals surface area (Å²) in [5.41, 5.74) is 1.96. The van der Waals surface area contributed by atoms with E-state index in [1.165, 1.54) is 0 Å². The maximum Gasteiger partial charge on any atom is 0.225 e. The molecule has 1 aromatic carbocycles. The summed E-state index contributed by atoms with van der Waals surface area (Å²) >= 11 is 0. The zero-order valence-electron chi connectivity index (χ0n) is 14.7. The van der Waals surface area contributed by atoms with E-state index < -0.39 is 0 Å². The fraction of sp³-hybridized carbons (Fsp3) is 0.300. The Kier molecular flexibility index (Phi) is 5.67. The van der Waals surface area contributed by atoms with Gasteiger partial charge in [-0.25, -0.2) is 4.98 Å². The van der Waals surface area contributed by atoms with Gasteiger partial charge in [-0.1, -0.05) is 44.2 Å². The minimum atomic E-state index is 0.552. The third-order valence-electron chi connectivity index (χ3n) is 3.82. The van der Waals surface area contributed by atoms with Crippen LogP contribution in [0.15, 0.2) is 59.2 Å². The topological polar surface area (TPSA) is 63.0 Å². The first kappa shape index (κ1) is 17.0. The molecule has 0 bridgehead atoms. The fourth-order valence-electron chi connectivity index (χ4n) is 2.44. The van der Waals surface area contributed by atoms with Gasteiger partial charge in [0.2, 0.25) is 5.95 Å². The Labute approximate surface area is 148 Å². The number of furan rings is 1. The Bertz CT molecular complexity index is 770. The normalized spacial score (nSPS) is 10.8. The van der Waals surface area contributed by atoms with Crippen LogP contribution in [-0.4, -0.2) is 16.5 Å². The molecule has 3 aromatic rings. The molecule has 0 amide bonds. The van der Waals surface area contributed by atoms with Crippen molar-refractivity contribution in [3.63, 3.8) is 0 Å². The Morgan fingerprint density at radius 2 is 1.84 bits per heavy atom. The van der Waals surface area contributed by atoms with Crippen molar-refractivity contribution in [2.24, 2.45) is 5.92 Å². The number of rotatable bonds is 8. The van der Waals surface area contributed by atoms with Crippen LogP contribution in [0.25, 0.3) is 11.3 Å². The molecule has 2 heterocycles. The average Bonchev–Trinajstić information content (AvgIpc) is 3.14. The van der Waals surface area contributed by atoms with E-state index in [1.807, 2.05) is 36.4 Å². The summed E-state index contributed by atoms with van der Waals surface area (Å²) in [5, 5.41) is 6.65. The zero-order chi connectivity index (χ0) is 17.5. The summed E-state index contributed by atoms with van der Waals surface area (Å²) in [5.74, 6) is 2.92. The second-order valence-corrected chi connectivity index (χ2v) is 6.37. The summed E-state index contributed by atoms with van der Waals surface area (Å²) in [7, 11) is 0. The third kappa shape index (κ3) is 5.08. The van der Waals surface area contributed by atoms with E-state index in [4.69, 9.17) is 4.42 Å². The standard InChI is InChI=1S/C20H24N4O/c1-15(2)10-11-21-19-13-18(16-7-4-3-5-8-16)23-20(24-19)22-14-17-9-6-12-25-17/h3-9,12-13,15H,10-11,14H2,1-2H3,(H2,21,22,23,24). The molecule has 0 saturated heterocycles. The van der Waals surface area contributed by atoms with E-state index in [-0.39, 0.29) is 0 Å². The summed E-state index contributed by atoms with van der Waals surface area (Å²) in [6, 6.07) is 15.9. The first-order valence-corrected chi connectivity index (χ1v) is 8.65. The van der Waals surface area contributed by atoms with E-state index in [2.05, 4.69) is 46.6 Å². The predicted molar refractivity (Wildman–Crippen MR) is 101 cm³/mol. The molecule has 0 saturated carbocycles. The van der Waals surface area contributed by atoms with Crippen LogP contribution >= 0.6 is 0 Å². The van der Waals surface area contributed by atoms with Gasteiger partial charge in [0.15, 0.2) is 0 Å². The van der Waals surface area contributed by atoms with Crippen LogP contribution in [0, 0.1) is 5.92 Å². The summed E-state index contributed by atoms with van der Waals surface area (Å²) < 4.78 is 5.36. The molecule has 2 aromatic heterocycles. The van der Waals surface area contributed by atoms with Gasteiger partial charge < -0.3 is 15.1 Å². The summed E-state index contributed by atoms with van der Waals surface area (Å²) in [4.78, 5) is 9.22. The molecule has 2 N–H and O–H groups in total. The minimum absolute atomic E-state index is 0.552.